The lowest BCUT2D eigenvalue weighted by molar-refractivity contribution is -0.385. The van der Waals surface area contributed by atoms with Crippen LogP contribution in [0.15, 0.2) is 30.3 Å². The molecule has 1 aliphatic rings. The number of hydrogen-bond donors (Lipinski definition) is 1. The highest BCUT2D eigenvalue weighted by atomic mass is 32.1. The van der Waals surface area contributed by atoms with Gasteiger partial charge in [0.25, 0.3) is 11.6 Å². The van der Waals surface area contributed by atoms with Gasteiger partial charge in [0.2, 0.25) is 0 Å². The quantitative estimate of drug-likeness (QED) is 0.693. The van der Waals surface area contributed by atoms with E-state index in [1.165, 1.54) is 29.3 Å². The molecular weight excluding hydrogens is 300 g/mol. The second kappa shape index (κ2) is 6.27. The van der Waals surface area contributed by atoms with Crippen LogP contribution in [-0.4, -0.2) is 10.8 Å². The first-order valence-corrected chi connectivity index (χ1v) is 8.09. The van der Waals surface area contributed by atoms with Crippen LogP contribution in [0.1, 0.15) is 38.5 Å². The van der Waals surface area contributed by atoms with Gasteiger partial charge in [-0.3, -0.25) is 14.9 Å². The number of amides is 1. The Morgan fingerprint density at radius 2 is 2.05 bits per heavy atom. The third kappa shape index (κ3) is 3.01. The van der Waals surface area contributed by atoms with Gasteiger partial charge in [-0.15, -0.1) is 11.3 Å². The Morgan fingerprint density at radius 1 is 1.27 bits per heavy atom. The summed E-state index contributed by atoms with van der Waals surface area (Å²) < 4.78 is 0. The van der Waals surface area contributed by atoms with Crippen molar-refractivity contribution in [3.8, 4) is 0 Å². The van der Waals surface area contributed by atoms with E-state index in [1.54, 1.807) is 29.5 Å². The summed E-state index contributed by atoms with van der Waals surface area (Å²) >= 11 is 1.54. The number of fused-ring (bicyclic) bond motifs is 1. The van der Waals surface area contributed by atoms with Crippen molar-refractivity contribution < 1.29 is 9.72 Å². The van der Waals surface area contributed by atoms with E-state index < -0.39 is 4.92 Å². The molecule has 2 aromatic rings. The van der Waals surface area contributed by atoms with Crippen LogP contribution < -0.4 is 5.32 Å². The monoisotopic (exact) mass is 316 g/mol. The van der Waals surface area contributed by atoms with Gasteiger partial charge in [-0.1, -0.05) is 18.2 Å². The van der Waals surface area contributed by atoms with Crippen LogP contribution >= 0.6 is 11.3 Å². The van der Waals surface area contributed by atoms with E-state index in [1.807, 2.05) is 6.07 Å². The van der Waals surface area contributed by atoms with E-state index in [0.29, 0.717) is 10.4 Å². The summed E-state index contributed by atoms with van der Waals surface area (Å²) in [4.78, 5) is 24.8. The molecule has 0 bridgehead atoms. The average Bonchev–Trinajstić information content (AvgIpc) is 2.97. The third-order valence-corrected chi connectivity index (χ3v) is 5.08. The van der Waals surface area contributed by atoms with E-state index in [-0.39, 0.29) is 18.1 Å². The van der Waals surface area contributed by atoms with Gasteiger partial charge >= 0.3 is 0 Å². The smallest absolute Gasteiger partial charge is 0.274 e. The molecule has 0 unspecified atom stereocenters. The molecule has 0 radical (unpaired) electrons. The number of thiophene rings is 1. The number of carbonyl (C=O) groups excluding carboxylic acids is 1. The Kier molecular flexibility index (Phi) is 4.20. The fraction of sp³-hybridized carbons (Fsp3) is 0.312. The van der Waals surface area contributed by atoms with Crippen molar-refractivity contribution in [1.82, 2.24) is 5.32 Å². The first-order valence-electron chi connectivity index (χ1n) is 7.27. The molecule has 0 spiro atoms. The molecule has 0 saturated carbocycles. The maximum Gasteiger partial charge on any atom is 0.274 e. The first kappa shape index (κ1) is 14.7. The molecule has 114 valence electrons. The number of nitrogens with one attached hydrogen (secondary N) is 1. The molecule has 0 aliphatic heterocycles. The Labute approximate surface area is 132 Å². The minimum Gasteiger partial charge on any atom is -0.347 e. The van der Waals surface area contributed by atoms with Crippen LogP contribution in [0, 0.1) is 10.1 Å². The van der Waals surface area contributed by atoms with E-state index in [4.69, 9.17) is 0 Å². The number of benzene rings is 1. The first-order chi connectivity index (χ1) is 10.6. The Balaban J connectivity index is 1.70. The van der Waals surface area contributed by atoms with E-state index in [2.05, 4.69) is 5.32 Å². The average molecular weight is 316 g/mol. The maximum atomic E-state index is 12.2. The van der Waals surface area contributed by atoms with Gasteiger partial charge in [0, 0.05) is 23.1 Å². The number of para-hydroxylation sites is 1. The van der Waals surface area contributed by atoms with Crippen LogP contribution in [0.25, 0.3) is 0 Å². The molecule has 3 rings (SSSR count). The highest BCUT2D eigenvalue weighted by molar-refractivity contribution is 7.14. The normalized spacial score (nSPS) is 13.5. The number of nitro benzene ring substituents is 1. The third-order valence-electron chi connectivity index (χ3n) is 3.85. The molecule has 1 aromatic carbocycles. The zero-order valence-corrected chi connectivity index (χ0v) is 12.8. The van der Waals surface area contributed by atoms with Gasteiger partial charge in [0.1, 0.15) is 0 Å². The summed E-state index contributed by atoms with van der Waals surface area (Å²) in [5.41, 5.74) is 1.84. The zero-order chi connectivity index (χ0) is 15.5. The molecule has 1 aliphatic carbocycles. The maximum absolute atomic E-state index is 12.2. The van der Waals surface area contributed by atoms with Crippen LogP contribution in [0.4, 0.5) is 5.69 Å². The van der Waals surface area contributed by atoms with Crippen LogP contribution in [-0.2, 0) is 19.4 Å². The number of carbonyl (C=O) groups is 1. The number of hydrogen-bond acceptors (Lipinski definition) is 4. The van der Waals surface area contributed by atoms with Crippen LogP contribution in [0.5, 0.6) is 0 Å². The fourth-order valence-corrected chi connectivity index (χ4v) is 3.87. The van der Waals surface area contributed by atoms with Crippen LogP contribution in [0.2, 0.25) is 0 Å². The minimum atomic E-state index is -0.425. The van der Waals surface area contributed by atoms with Gasteiger partial charge in [0.05, 0.1) is 9.80 Å². The lowest BCUT2D eigenvalue weighted by Gasteiger charge is -2.08. The molecule has 6 heteroatoms. The summed E-state index contributed by atoms with van der Waals surface area (Å²) in [5, 5.41) is 13.8. The molecule has 0 saturated heterocycles. The summed E-state index contributed by atoms with van der Waals surface area (Å²) in [6.07, 6.45) is 4.46. The predicted octanol–water partition coefficient (Wildman–Crippen LogP) is 3.47. The lowest BCUT2D eigenvalue weighted by atomic mass is 9.99. The minimum absolute atomic E-state index is 0.0354. The number of aryl methyl sites for hydroxylation is 2. The molecule has 1 amide bonds. The Bertz CT molecular complexity index is 700. The van der Waals surface area contributed by atoms with Crippen molar-refractivity contribution in [1.29, 1.82) is 0 Å². The van der Waals surface area contributed by atoms with Crippen molar-refractivity contribution in [2.24, 2.45) is 0 Å². The molecular formula is C16H16N2O3S. The molecule has 5 nitrogen and oxygen atoms in total. The number of nitro groups is 1. The SMILES string of the molecule is O=C(NCc1ccccc1[N+](=O)[O-])c1cc2c(s1)CCCC2. The molecule has 1 heterocycles. The van der Waals surface area contributed by atoms with Crippen molar-refractivity contribution >= 4 is 22.9 Å². The highest BCUT2D eigenvalue weighted by Crippen LogP contribution is 2.29. The summed E-state index contributed by atoms with van der Waals surface area (Å²) in [7, 11) is 0. The largest absolute Gasteiger partial charge is 0.347 e. The molecule has 22 heavy (non-hydrogen) atoms. The summed E-state index contributed by atoms with van der Waals surface area (Å²) in [6, 6.07) is 8.44. The predicted molar refractivity (Wildman–Crippen MR) is 85.2 cm³/mol. The second-order valence-corrected chi connectivity index (χ2v) is 6.47. The topological polar surface area (TPSA) is 72.2 Å². The zero-order valence-electron chi connectivity index (χ0n) is 12.0. The number of rotatable bonds is 4. The van der Waals surface area contributed by atoms with E-state index in [9.17, 15) is 14.9 Å². The van der Waals surface area contributed by atoms with Crippen molar-refractivity contribution in [3.63, 3.8) is 0 Å². The van der Waals surface area contributed by atoms with Crippen molar-refractivity contribution in [2.75, 3.05) is 0 Å². The molecule has 1 N–H and O–H groups in total. The van der Waals surface area contributed by atoms with Gasteiger partial charge in [-0.25, -0.2) is 0 Å². The number of nitrogens with zero attached hydrogens (tertiary/aromatic N) is 1. The fourth-order valence-electron chi connectivity index (χ4n) is 2.70. The Hall–Kier alpha value is -2.21. The Morgan fingerprint density at radius 3 is 2.82 bits per heavy atom. The van der Waals surface area contributed by atoms with E-state index in [0.717, 1.165) is 12.8 Å². The van der Waals surface area contributed by atoms with Gasteiger partial charge in [0.15, 0.2) is 0 Å². The van der Waals surface area contributed by atoms with Gasteiger partial charge in [-0.05, 0) is 37.3 Å². The van der Waals surface area contributed by atoms with E-state index >= 15 is 0 Å². The van der Waals surface area contributed by atoms with Crippen molar-refractivity contribution in [3.05, 3.63) is 61.3 Å². The standard InChI is InChI=1S/C16H16N2O3S/c19-16(15-9-11-5-2-4-8-14(11)22-15)17-10-12-6-1-3-7-13(12)18(20)21/h1,3,6-7,9H,2,4-5,8,10H2,(H,17,19). The molecule has 1 aromatic heterocycles. The molecule has 0 fully saturated rings. The molecule has 0 atom stereocenters. The summed E-state index contributed by atoms with van der Waals surface area (Å²) in [5.74, 6) is -0.155. The van der Waals surface area contributed by atoms with Crippen LogP contribution in [0.3, 0.4) is 0 Å². The summed E-state index contributed by atoms with van der Waals surface area (Å²) in [6.45, 7) is 0.165. The second-order valence-electron chi connectivity index (χ2n) is 5.33. The van der Waals surface area contributed by atoms with Gasteiger partial charge < -0.3 is 5.32 Å². The highest BCUT2D eigenvalue weighted by Gasteiger charge is 2.18. The lowest BCUT2D eigenvalue weighted by Crippen LogP contribution is -2.22. The van der Waals surface area contributed by atoms with Crippen molar-refractivity contribution in [2.45, 2.75) is 32.2 Å². The van der Waals surface area contributed by atoms with Gasteiger partial charge in [-0.2, -0.15) is 0 Å².